The lowest BCUT2D eigenvalue weighted by Crippen LogP contribution is -2.37. The van der Waals surface area contributed by atoms with Crippen LogP contribution in [0.2, 0.25) is 0 Å². The van der Waals surface area contributed by atoms with Crippen LogP contribution in [0.25, 0.3) is 0 Å². The molecule has 2 heterocycles. The summed E-state index contributed by atoms with van der Waals surface area (Å²) < 4.78 is 36.7. The SMILES string of the molecule is O=C(CN1C(=O)c2ccccc2S1(=O)=O)Nc1ccc2c(c1)OCCCO2. The molecule has 0 saturated heterocycles. The Morgan fingerprint density at radius 3 is 2.59 bits per heavy atom. The summed E-state index contributed by atoms with van der Waals surface area (Å²) in [4.78, 5) is 24.6. The normalized spacial score (nSPS) is 17.2. The minimum Gasteiger partial charge on any atom is -0.490 e. The molecule has 0 atom stereocenters. The predicted octanol–water partition coefficient (Wildman–Crippen LogP) is 1.63. The quantitative estimate of drug-likeness (QED) is 0.858. The molecule has 0 fully saturated rings. The number of amides is 2. The molecule has 0 bridgehead atoms. The molecule has 9 heteroatoms. The highest BCUT2D eigenvalue weighted by atomic mass is 32.2. The fraction of sp³-hybridized carbons (Fsp3) is 0.222. The standard InChI is InChI=1S/C18H16N2O6S/c21-17(19-12-6-7-14-15(10-12)26-9-3-8-25-14)11-20-18(22)13-4-1-2-5-16(13)27(20,23)24/h1-2,4-7,10H,3,8-9,11H2,(H,19,21). The summed E-state index contributed by atoms with van der Waals surface area (Å²) >= 11 is 0. The Bertz CT molecular complexity index is 1030. The van der Waals surface area contributed by atoms with E-state index in [4.69, 9.17) is 9.47 Å². The zero-order chi connectivity index (χ0) is 19.0. The molecule has 2 aliphatic heterocycles. The number of sulfonamides is 1. The Kier molecular flexibility index (Phi) is 4.23. The molecule has 0 aromatic heterocycles. The van der Waals surface area contributed by atoms with E-state index in [1.807, 2.05) is 0 Å². The number of nitrogens with one attached hydrogen (secondary N) is 1. The van der Waals surface area contributed by atoms with Crippen molar-refractivity contribution < 1.29 is 27.5 Å². The van der Waals surface area contributed by atoms with Gasteiger partial charge < -0.3 is 14.8 Å². The first-order valence-electron chi connectivity index (χ1n) is 8.32. The number of carbonyl (C=O) groups is 2. The largest absolute Gasteiger partial charge is 0.490 e. The zero-order valence-electron chi connectivity index (χ0n) is 14.2. The van der Waals surface area contributed by atoms with Crippen LogP contribution in [0, 0.1) is 0 Å². The van der Waals surface area contributed by atoms with E-state index in [2.05, 4.69) is 5.32 Å². The molecule has 2 amide bonds. The fourth-order valence-corrected chi connectivity index (χ4v) is 4.48. The Morgan fingerprint density at radius 2 is 1.81 bits per heavy atom. The molecule has 2 aliphatic rings. The molecule has 0 unspecified atom stereocenters. The van der Waals surface area contributed by atoms with E-state index in [-0.39, 0.29) is 10.5 Å². The number of hydrogen-bond donors (Lipinski definition) is 1. The second-order valence-corrected chi connectivity index (χ2v) is 7.90. The molecular formula is C18H16N2O6S. The molecule has 140 valence electrons. The molecule has 4 rings (SSSR count). The molecule has 8 nitrogen and oxygen atoms in total. The number of carbonyl (C=O) groups excluding carboxylic acids is 2. The maximum atomic E-state index is 12.5. The highest BCUT2D eigenvalue weighted by Gasteiger charge is 2.41. The lowest BCUT2D eigenvalue weighted by Gasteiger charge is -2.15. The first-order chi connectivity index (χ1) is 13.0. The number of fused-ring (bicyclic) bond motifs is 2. The van der Waals surface area contributed by atoms with Crippen molar-refractivity contribution in [1.29, 1.82) is 0 Å². The molecule has 0 aliphatic carbocycles. The first kappa shape index (κ1) is 17.3. The molecule has 2 aromatic carbocycles. The smallest absolute Gasteiger partial charge is 0.269 e. The van der Waals surface area contributed by atoms with Crippen LogP contribution in [0.15, 0.2) is 47.4 Å². The number of benzene rings is 2. The topological polar surface area (TPSA) is 102 Å². The third kappa shape index (κ3) is 3.10. The van der Waals surface area contributed by atoms with Gasteiger partial charge in [-0.2, -0.15) is 0 Å². The number of anilines is 1. The highest BCUT2D eigenvalue weighted by molar-refractivity contribution is 7.90. The Hall–Kier alpha value is -3.07. The lowest BCUT2D eigenvalue weighted by atomic mass is 10.2. The summed E-state index contributed by atoms with van der Waals surface area (Å²) in [5, 5.41) is 2.59. The van der Waals surface area contributed by atoms with Gasteiger partial charge in [-0.1, -0.05) is 12.1 Å². The van der Waals surface area contributed by atoms with Crippen LogP contribution in [0.5, 0.6) is 11.5 Å². The molecule has 2 aromatic rings. The molecular weight excluding hydrogens is 372 g/mol. The van der Waals surface area contributed by atoms with Crippen LogP contribution >= 0.6 is 0 Å². The van der Waals surface area contributed by atoms with Crippen molar-refractivity contribution in [2.75, 3.05) is 25.1 Å². The minimum atomic E-state index is -4.02. The second kappa shape index (κ2) is 6.58. The third-order valence-corrected chi connectivity index (χ3v) is 6.02. The number of ether oxygens (including phenoxy) is 2. The highest BCUT2D eigenvalue weighted by Crippen LogP contribution is 2.33. The third-order valence-electron chi connectivity index (χ3n) is 4.23. The maximum Gasteiger partial charge on any atom is 0.269 e. The Balaban J connectivity index is 1.51. The summed E-state index contributed by atoms with van der Waals surface area (Å²) in [6.45, 7) is 0.446. The average molecular weight is 388 g/mol. The van der Waals surface area contributed by atoms with E-state index in [1.165, 1.54) is 18.2 Å². The van der Waals surface area contributed by atoms with Gasteiger partial charge in [0.25, 0.3) is 15.9 Å². The summed E-state index contributed by atoms with van der Waals surface area (Å²) in [7, 11) is -4.02. The van der Waals surface area contributed by atoms with E-state index in [1.54, 1.807) is 24.3 Å². The predicted molar refractivity (Wildman–Crippen MR) is 95.3 cm³/mol. The number of rotatable bonds is 3. The number of nitrogens with zero attached hydrogens (tertiary/aromatic N) is 1. The first-order valence-corrected chi connectivity index (χ1v) is 9.76. The van der Waals surface area contributed by atoms with Gasteiger partial charge in [0, 0.05) is 18.2 Å². The van der Waals surface area contributed by atoms with Crippen LogP contribution < -0.4 is 14.8 Å². The Labute approximate surface area is 155 Å². The van der Waals surface area contributed by atoms with Crippen LogP contribution in [-0.2, 0) is 14.8 Å². The van der Waals surface area contributed by atoms with Gasteiger partial charge in [-0.3, -0.25) is 9.59 Å². The van der Waals surface area contributed by atoms with Crippen molar-refractivity contribution in [2.45, 2.75) is 11.3 Å². The van der Waals surface area contributed by atoms with Gasteiger partial charge >= 0.3 is 0 Å². The summed E-state index contributed by atoms with van der Waals surface area (Å²) in [5.74, 6) is -0.255. The van der Waals surface area contributed by atoms with Crippen molar-refractivity contribution >= 4 is 27.5 Å². The second-order valence-electron chi connectivity index (χ2n) is 6.07. The van der Waals surface area contributed by atoms with Crippen molar-refractivity contribution in [2.24, 2.45) is 0 Å². The molecule has 0 spiro atoms. The molecule has 0 radical (unpaired) electrons. The number of hydrogen-bond acceptors (Lipinski definition) is 6. The van der Waals surface area contributed by atoms with E-state index in [9.17, 15) is 18.0 Å². The van der Waals surface area contributed by atoms with Crippen LogP contribution in [0.4, 0.5) is 5.69 Å². The van der Waals surface area contributed by atoms with Gasteiger partial charge in [0.1, 0.15) is 11.4 Å². The van der Waals surface area contributed by atoms with E-state index in [0.29, 0.717) is 34.7 Å². The van der Waals surface area contributed by atoms with Gasteiger partial charge in [-0.25, -0.2) is 12.7 Å². The molecule has 0 saturated carbocycles. The van der Waals surface area contributed by atoms with Gasteiger partial charge in [-0.15, -0.1) is 0 Å². The van der Waals surface area contributed by atoms with Crippen LogP contribution in [0.3, 0.4) is 0 Å². The van der Waals surface area contributed by atoms with Crippen LogP contribution in [-0.4, -0.2) is 44.3 Å². The van der Waals surface area contributed by atoms with E-state index < -0.39 is 28.4 Å². The van der Waals surface area contributed by atoms with Gasteiger partial charge in [0.2, 0.25) is 5.91 Å². The van der Waals surface area contributed by atoms with Gasteiger partial charge in [0.15, 0.2) is 11.5 Å². The van der Waals surface area contributed by atoms with Crippen molar-refractivity contribution in [3.8, 4) is 11.5 Å². The summed E-state index contributed by atoms with van der Waals surface area (Å²) in [6, 6.07) is 10.8. The summed E-state index contributed by atoms with van der Waals surface area (Å²) in [5.41, 5.74) is 0.492. The summed E-state index contributed by atoms with van der Waals surface area (Å²) in [6.07, 6.45) is 0.756. The van der Waals surface area contributed by atoms with Gasteiger partial charge in [0.05, 0.1) is 18.8 Å². The average Bonchev–Trinajstić information content (AvgIpc) is 2.82. The minimum absolute atomic E-state index is 0.0703. The van der Waals surface area contributed by atoms with Crippen LogP contribution in [0.1, 0.15) is 16.8 Å². The monoisotopic (exact) mass is 388 g/mol. The van der Waals surface area contributed by atoms with E-state index in [0.717, 1.165) is 6.42 Å². The van der Waals surface area contributed by atoms with E-state index >= 15 is 0 Å². The zero-order valence-corrected chi connectivity index (χ0v) is 15.0. The van der Waals surface area contributed by atoms with Crippen molar-refractivity contribution in [3.63, 3.8) is 0 Å². The Morgan fingerprint density at radius 1 is 1.07 bits per heavy atom. The maximum absolute atomic E-state index is 12.5. The lowest BCUT2D eigenvalue weighted by molar-refractivity contribution is -0.116. The fourth-order valence-electron chi connectivity index (χ4n) is 2.96. The molecule has 1 N–H and O–H groups in total. The van der Waals surface area contributed by atoms with Crippen molar-refractivity contribution in [3.05, 3.63) is 48.0 Å². The van der Waals surface area contributed by atoms with Crippen molar-refractivity contribution in [1.82, 2.24) is 4.31 Å². The molecule has 27 heavy (non-hydrogen) atoms. The van der Waals surface area contributed by atoms with Gasteiger partial charge in [-0.05, 0) is 24.3 Å².